The number of aromatic nitrogens is 4. The molecule has 0 aliphatic heterocycles. The van der Waals surface area contributed by atoms with E-state index in [1.807, 2.05) is 24.3 Å². The highest BCUT2D eigenvalue weighted by atomic mass is 35.5. The van der Waals surface area contributed by atoms with Crippen LogP contribution in [0.25, 0.3) is 5.69 Å². The fraction of sp³-hybridized carbons (Fsp3) is 0.300. The molecule has 1 aliphatic carbocycles. The van der Waals surface area contributed by atoms with Gasteiger partial charge in [-0.15, -0.1) is 0 Å². The van der Waals surface area contributed by atoms with Gasteiger partial charge in [-0.3, -0.25) is 14.8 Å². The van der Waals surface area contributed by atoms with Gasteiger partial charge < -0.3 is 4.90 Å². The van der Waals surface area contributed by atoms with Gasteiger partial charge in [-0.05, 0) is 42.5 Å². The smallest absolute Gasteiger partial charge is 0.228 e. The monoisotopic (exact) mass is 413 g/mol. The number of halogens is 1. The molecule has 1 saturated carbocycles. The first kappa shape index (κ1) is 19.0. The molecule has 144 valence electrons. The van der Waals surface area contributed by atoms with Crippen LogP contribution in [0, 0.1) is 5.92 Å². The predicted octanol–water partition coefficient (Wildman–Crippen LogP) is 4.12. The van der Waals surface area contributed by atoms with Crippen LogP contribution in [-0.2, 0) is 4.79 Å². The van der Waals surface area contributed by atoms with Gasteiger partial charge in [0.15, 0.2) is 5.15 Å². The predicted molar refractivity (Wildman–Crippen MR) is 112 cm³/mol. The molecule has 8 heteroatoms. The second-order valence-electron chi connectivity index (χ2n) is 6.91. The Morgan fingerprint density at radius 3 is 2.64 bits per heavy atom. The van der Waals surface area contributed by atoms with Crippen molar-refractivity contribution < 1.29 is 4.79 Å². The average molecular weight is 414 g/mol. The van der Waals surface area contributed by atoms with Crippen molar-refractivity contribution >= 4 is 35.8 Å². The molecule has 3 heterocycles. The van der Waals surface area contributed by atoms with Gasteiger partial charge in [0.2, 0.25) is 5.91 Å². The van der Waals surface area contributed by atoms with Crippen LogP contribution < -0.4 is 4.90 Å². The lowest BCUT2D eigenvalue weighted by Gasteiger charge is -2.23. The molecule has 1 fully saturated rings. The lowest BCUT2D eigenvalue weighted by Crippen LogP contribution is -2.33. The van der Waals surface area contributed by atoms with Crippen molar-refractivity contribution in [2.24, 2.45) is 5.92 Å². The van der Waals surface area contributed by atoms with Crippen LogP contribution in [0.3, 0.4) is 0 Å². The maximum atomic E-state index is 13.1. The van der Waals surface area contributed by atoms with Crippen LogP contribution in [0.4, 0.5) is 5.69 Å². The number of anilines is 1. The Morgan fingerprint density at radius 2 is 2.00 bits per heavy atom. The molecule has 1 aliphatic rings. The molecule has 3 aromatic rings. The summed E-state index contributed by atoms with van der Waals surface area (Å²) in [6.07, 6.45) is 11.2. The SMILES string of the molecule is O=C(CC(S)c1cccnc1)N(CC1CC1)c1cn(-c2cccnc2)nc1Cl. The zero-order valence-electron chi connectivity index (χ0n) is 15.1. The number of carbonyl (C=O) groups excluding carboxylic acids is 1. The molecule has 4 rings (SSSR count). The normalized spacial score (nSPS) is 14.6. The van der Waals surface area contributed by atoms with Crippen molar-refractivity contribution in [3.05, 3.63) is 66.0 Å². The first-order chi connectivity index (χ1) is 13.6. The van der Waals surface area contributed by atoms with Crippen molar-refractivity contribution in [3.63, 3.8) is 0 Å². The molecule has 0 bridgehead atoms. The van der Waals surface area contributed by atoms with Crippen LogP contribution in [0.15, 0.2) is 55.2 Å². The Labute approximate surface area is 174 Å². The maximum Gasteiger partial charge on any atom is 0.228 e. The summed E-state index contributed by atoms with van der Waals surface area (Å²) in [5.74, 6) is 0.488. The molecule has 0 N–H and O–H groups in total. The summed E-state index contributed by atoms with van der Waals surface area (Å²) >= 11 is 11.0. The van der Waals surface area contributed by atoms with E-state index in [2.05, 4.69) is 27.7 Å². The van der Waals surface area contributed by atoms with E-state index in [0.29, 0.717) is 23.3 Å². The Morgan fingerprint density at radius 1 is 1.25 bits per heavy atom. The molecule has 0 radical (unpaired) electrons. The van der Waals surface area contributed by atoms with Crippen molar-refractivity contribution in [1.29, 1.82) is 0 Å². The van der Waals surface area contributed by atoms with Crippen molar-refractivity contribution in [2.45, 2.75) is 24.5 Å². The van der Waals surface area contributed by atoms with Crippen LogP contribution in [0.5, 0.6) is 0 Å². The second kappa shape index (κ2) is 8.32. The van der Waals surface area contributed by atoms with E-state index in [4.69, 9.17) is 11.6 Å². The number of amides is 1. The number of rotatable bonds is 7. The minimum atomic E-state index is -0.227. The summed E-state index contributed by atoms with van der Waals surface area (Å²) < 4.78 is 1.65. The Bertz CT molecular complexity index is 946. The number of nitrogens with zero attached hydrogens (tertiary/aromatic N) is 5. The summed E-state index contributed by atoms with van der Waals surface area (Å²) in [7, 11) is 0. The van der Waals surface area contributed by atoms with E-state index in [1.54, 1.807) is 40.6 Å². The summed E-state index contributed by atoms with van der Waals surface area (Å²) in [5.41, 5.74) is 2.33. The first-order valence-electron chi connectivity index (χ1n) is 9.15. The van der Waals surface area contributed by atoms with Crippen molar-refractivity contribution in [1.82, 2.24) is 19.7 Å². The van der Waals surface area contributed by atoms with Crippen LogP contribution in [-0.4, -0.2) is 32.2 Å². The zero-order chi connectivity index (χ0) is 19.5. The molecule has 0 spiro atoms. The third kappa shape index (κ3) is 4.36. The summed E-state index contributed by atoms with van der Waals surface area (Å²) in [6.45, 7) is 0.644. The molecular formula is C20H20ClN5OS. The van der Waals surface area contributed by atoms with E-state index in [1.165, 1.54) is 0 Å². The van der Waals surface area contributed by atoms with Gasteiger partial charge in [0.25, 0.3) is 0 Å². The summed E-state index contributed by atoms with van der Waals surface area (Å²) in [6, 6.07) is 7.49. The molecular weight excluding hydrogens is 394 g/mol. The molecule has 0 saturated heterocycles. The number of carbonyl (C=O) groups is 1. The Kier molecular flexibility index (Phi) is 5.64. The second-order valence-corrected chi connectivity index (χ2v) is 7.90. The van der Waals surface area contributed by atoms with Gasteiger partial charge >= 0.3 is 0 Å². The van der Waals surface area contributed by atoms with Gasteiger partial charge in [0.05, 0.1) is 18.1 Å². The Hall–Kier alpha value is -2.38. The lowest BCUT2D eigenvalue weighted by atomic mass is 10.1. The maximum absolute atomic E-state index is 13.1. The van der Waals surface area contributed by atoms with Gasteiger partial charge in [0, 0.05) is 36.8 Å². The summed E-state index contributed by atoms with van der Waals surface area (Å²) in [4.78, 5) is 23.1. The van der Waals surface area contributed by atoms with Gasteiger partial charge in [0.1, 0.15) is 5.69 Å². The molecule has 1 atom stereocenters. The highest BCUT2D eigenvalue weighted by Gasteiger charge is 2.30. The first-order valence-corrected chi connectivity index (χ1v) is 10.0. The van der Waals surface area contributed by atoms with E-state index in [0.717, 1.165) is 24.1 Å². The topological polar surface area (TPSA) is 63.9 Å². The van der Waals surface area contributed by atoms with E-state index < -0.39 is 0 Å². The summed E-state index contributed by atoms with van der Waals surface area (Å²) in [5, 5.41) is 4.44. The van der Waals surface area contributed by atoms with Crippen LogP contribution in [0.1, 0.15) is 30.1 Å². The molecule has 1 amide bonds. The van der Waals surface area contributed by atoms with Crippen LogP contribution in [0.2, 0.25) is 5.15 Å². The van der Waals surface area contributed by atoms with E-state index in [-0.39, 0.29) is 17.6 Å². The fourth-order valence-electron chi connectivity index (χ4n) is 3.01. The molecule has 28 heavy (non-hydrogen) atoms. The molecule has 3 aromatic heterocycles. The number of thiol groups is 1. The van der Waals surface area contributed by atoms with Crippen LogP contribution >= 0.6 is 24.2 Å². The molecule has 1 unspecified atom stereocenters. The number of hydrogen-bond donors (Lipinski definition) is 1. The minimum absolute atomic E-state index is 0.0246. The largest absolute Gasteiger partial charge is 0.308 e. The highest BCUT2D eigenvalue weighted by Crippen LogP contribution is 2.35. The van der Waals surface area contributed by atoms with Gasteiger partial charge in [-0.25, -0.2) is 4.68 Å². The van der Waals surface area contributed by atoms with E-state index in [9.17, 15) is 4.79 Å². The van der Waals surface area contributed by atoms with E-state index >= 15 is 0 Å². The van der Waals surface area contributed by atoms with Gasteiger partial charge in [-0.2, -0.15) is 17.7 Å². The highest BCUT2D eigenvalue weighted by molar-refractivity contribution is 7.80. The lowest BCUT2D eigenvalue weighted by molar-refractivity contribution is -0.118. The standard InChI is InChI=1S/C20H20ClN5OS/c21-20-17(13-26(24-20)16-4-2-8-23-11-16)25(12-14-5-6-14)19(27)9-18(28)15-3-1-7-22-10-15/h1-4,7-8,10-11,13-14,18,28H,5-6,9,12H2. The quantitative estimate of drug-likeness (QED) is 0.592. The average Bonchev–Trinajstić information content (AvgIpc) is 3.47. The Balaban J connectivity index is 1.58. The molecule has 6 nitrogen and oxygen atoms in total. The van der Waals surface area contributed by atoms with Crippen molar-refractivity contribution in [2.75, 3.05) is 11.4 Å². The zero-order valence-corrected chi connectivity index (χ0v) is 16.8. The fourth-order valence-corrected chi connectivity index (χ4v) is 3.55. The number of hydrogen-bond acceptors (Lipinski definition) is 5. The third-order valence-electron chi connectivity index (χ3n) is 4.73. The number of pyridine rings is 2. The van der Waals surface area contributed by atoms with Gasteiger partial charge in [-0.1, -0.05) is 17.7 Å². The minimum Gasteiger partial charge on any atom is -0.308 e. The third-order valence-corrected chi connectivity index (χ3v) is 5.48. The van der Waals surface area contributed by atoms with Crippen molar-refractivity contribution in [3.8, 4) is 5.69 Å². The molecule has 0 aromatic carbocycles.